The van der Waals surface area contributed by atoms with Crippen LogP contribution in [-0.4, -0.2) is 4.98 Å². The molecule has 14 heavy (non-hydrogen) atoms. The number of rotatable bonds is 4. The number of nitrogens with zero attached hydrogens (tertiary/aromatic N) is 1. The van der Waals surface area contributed by atoms with Gasteiger partial charge in [0.1, 0.15) is 5.01 Å². The zero-order chi connectivity index (χ0) is 10.8. The number of thiazole rings is 1. The summed E-state index contributed by atoms with van der Waals surface area (Å²) in [5.74, 6) is 0.498. The van der Waals surface area contributed by atoms with Gasteiger partial charge in [-0.2, -0.15) is 0 Å². The lowest BCUT2D eigenvalue weighted by atomic mass is 9.95. The normalized spacial score (nSPS) is 12.4. The molecule has 1 heterocycles. The average molecular weight is 212 g/mol. The van der Waals surface area contributed by atoms with Gasteiger partial charge >= 0.3 is 0 Å². The van der Waals surface area contributed by atoms with Gasteiger partial charge in [-0.3, -0.25) is 0 Å². The van der Waals surface area contributed by atoms with Crippen LogP contribution < -0.4 is 5.73 Å². The highest BCUT2D eigenvalue weighted by molar-refractivity contribution is 7.09. The quantitative estimate of drug-likeness (QED) is 0.832. The fraction of sp³-hybridized carbons (Fsp3) is 0.727. The van der Waals surface area contributed by atoms with Crippen LogP contribution in [0.3, 0.4) is 0 Å². The van der Waals surface area contributed by atoms with Crippen LogP contribution in [-0.2, 0) is 5.54 Å². The highest BCUT2D eigenvalue weighted by atomic mass is 32.1. The molecule has 80 valence electrons. The largest absolute Gasteiger partial charge is 0.319 e. The molecule has 0 saturated heterocycles. The molecule has 0 unspecified atom stereocenters. The number of hydrogen-bond acceptors (Lipinski definition) is 3. The summed E-state index contributed by atoms with van der Waals surface area (Å²) in [6.45, 7) is 8.57. The maximum Gasteiger partial charge on any atom is 0.113 e. The van der Waals surface area contributed by atoms with Crippen molar-refractivity contribution < 1.29 is 0 Å². The molecule has 1 rings (SSSR count). The zero-order valence-corrected chi connectivity index (χ0v) is 10.3. The average Bonchev–Trinajstić information content (AvgIpc) is 2.66. The van der Waals surface area contributed by atoms with Crippen LogP contribution >= 0.6 is 11.3 Å². The van der Waals surface area contributed by atoms with E-state index < -0.39 is 0 Å². The molecule has 0 aliphatic carbocycles. The Hall–Kier alpha value is -0.410. The van der Waals surface area contributed by atoms with Crippen LogP contribution in [0.1, 0.15) is 57.2 Å². The molecule has 0 radical (unpaired) electrons. The third-order valence-corrected chi connectivity index (χ3v) is 3.88. The molecule has 1 aromatic rings. The molecule has 0 amide bonds. The molecule has 3 heteroatoms. The summed E-state index contributed by atoms with van der Waals surface area (Å²) in [5, 5.41) is 3.22. The highest BCUT2D eigenvalue weighted by Crippen LogP contribution is 2.30. The third kappa shape index (κ3) is 2.15. The molecule has 0 spiro atoms. The Balaban J connectivity index is 2.95. The minimum absolute atomic E-state index is 0.211. The van der Waals surface area contributed by atoms with Crippen LogP contribution in [0.25, 0.3) is 0 Å². The van der Waals surface area contributed by atoms with Crippen LogP contribution in [0.2, 0.25) is 0 Å². The highest BCUT2D eigenvalue weighted by Gasteiger charge is 2.26. The Bertz CT molecular complexity index is 287. The van der Waals surface area contributed by atoms with Gasteiger partial charge in [0, 0.05) is 5.38 Å². The van der Waals surface area contributed by atoms with Crippen molar-refractivity contribution in [2.75, 3.05) is 0 Å². The van der Waals surface area contributed by atoms with Gasteiger partial charge in [-0.15, -0.1) is 11.3 Å². The summed E-state index contributed by atoms with van der Waals surface area (Å²) >= 11 is 1.70. The van der Waals surface area contributed by atoms with Crippen LogP contribution in [0.15, 0.2) is 5.38 Å². The lowest BCUT2D eigenvalue weighted by Gasteiger charge is -2.23. The molecule has 0 saturated carbocycles. The van der Waals surface area contributed by atoms with Gasteiger partial charge < -0.3 is 5.73 Å². The standard InChI is InChI=1S/C11H20N2S/c1-5-11(12,6-2)10-13-9(7-14-10)8(3)4/h7-8H,5-6,12H2,1-4H3. The summed E-state index contributed by atoms with van der Waals surface area (Å²) in [6.07, 6.45) is 1.91. The third-order valence-electron chi connectivity index (χ3n) is 2.80. The maximum atomic E-state index is 6.28. The molecular weight excluding hydrogens is 192 g/mol. The van der Waals surface area contributed by atoms with Crippen LogP contribution in [0, 0.1) is 0 Å². The van der Waals surface area contributed by atoms with Crippen molar-refractivity contribution in [3.63, 3.8) is 0 Å². The Labute approximate surface area is 90.6 Å². The summed E-state index contributed by atoms with van der Waals surface area (Å²) in [7, 11) is 0. The fourth-order valence-corrected chi connectivity index (χ4v) is 2.57. The number of hydrogen-bond donors (Lipinski definition) is 1. The van der Waals surface area contributed by atoms with Gasteiger partial charge in [0.05, 0.1) is 11.2 Å². The first-order chi connectivity index (χ1) is 6.53. The van der Waals surface area contributed by atoms with E-state index in [2.05, 4.69) is 38.1 Å². The Morgan fingerprint density at radius 1 is 1.43 bits per heavy atom. The van der Waals surface area contributed by atoms with Crippen molar-refractivity contribution in [3.05, 3.63) is 16.1 Å². The Morgan fingerprint density at radius 3 is 2.36 bits per heavy atom. The summed E-state index contributed by atoms with van der Waals surface area (Å²) in [4.78, 5) is 4.62. The summed E-state index contributed by atoms with van der Waals surface area (Å²) in [6, 6.07) is 0. The molecule has 0 bridgehead atoms. The predicted octanol–water partition coefficient (Wildman–Crippen LogP) is 3.24. The van der Waals surface area contributed by atoms with E-state index >= 15 is 0 Å². The van der Waals surface area contributed by atoms with Gasteiger partial charge in [-0.05, 0) is 18.8 Å². The topological polar surface area (TPSA) is 38.9 Å². The first-order valence-corrected chi connectivity index (χ1v) is 6.16. The van der Waals surface area contributed by atoms with Crippen molar-refractivity contribution in [1.82, 2.24) is 4.98 Å². The van der Waals surface area contributed by atoms with Crippen molar-refractivity contribution in [3.8, 4) is 0 Å². The zero-order valence-electron chi connectivity index (χ0n) is 9.50. The second-order valence-electron chi connectivity index (χ2n) is 4.10. The minimum Gasteiger partial charge on any atom is -0.319 e. The van der Waals surface area contributed by atoms with Crippen LogP contribution in [0.5, 0.6) is 0 Å². The fourth-order valence-electron chi connectivity index (χ4n) is 1.33. The van der Waals surface area contributed by atoms with E-state index in [9.17, 15) is 0 Å². The molecule has 1 aromatic heterocycles. The van der Waals surface area contributed by atoms with Gasteiger partial charge in [0.2, 0.25) is 0 Å². The molecule has 0 aliphatic rings. The van der Waals surface area contributed by atoms with Gasteiger partial charge in [0.15, 0.2) is 0 Å². The first kappa shape index (κ1) is 11.7. The lowest BCUT2D eigenvalue weighted by molar-refractivity contribution is 0.409. The van der Waals surface area contributed by atoms with E-state index in [1.807, 2.05) is 0 Å². The molecule has 2 nitrogen and oxygen atoms in total. The molecule has 2 N–H and O–H groups in total. The molecule has 0 fully saturated rings. The molecule has 0 atom stereocenters. The lowest BCUT2D eigenvalue weighted by Crippen LogP contribution is -2.34. The van der Waals surface area contributed by atoms with E-state index in [1.165, 1.54) is 5.69 Å². The second kappa shape index (κ2) is 4.41. The Kier molecular flexibility index (Phi) is 3.67. The van der Waals surface area contributed by atoms with Crippen molar-refractivity contribution in [2.45, 2.75) is 52.0 Å². The van der Waals surface area contributed by atoms with Crippen molar-refractivity contribution >= 4 is 11.3 Å². The monoisotopic (exact) mass is 212 g/mol. The van der Waals surface area contributed by atoms with E-state index in [0.29, 0.717) is 5.92 Å². The number of aromatic nitrogens is 1. The van der Waals surface area contributed by atoms with Gasteiger partial charge in [-0.1, -0.05) is 27.7 Å². The SMILES string of the molecule is CCC(N)(CC)c1nc(C(C)C)cs1. The minimum atomic E-state index is -0.211. The molecular formula is C11H20N2S. The van der Waals surface area contributed by atoms with E-state index in [4.69, 9.17) is 5.73 Å². The van der Waals surface area contributed by atoms with E-state index in [0.717, 1.165) is 17.8 Å². The van der Waals surface area contributed by atoms with E-state index in [1.54, 1.807) is 11.3 Å². The predicted molar refractivity (Wildman–Crippen MR) is 62.7 cm³/mol. The molecule has 0 aromatic carbocycles. The summed E-state index contributed by atoms with van der Waals surface area (Å²) < 4.78 is 0. The number of nitrogens with two attached hydrogens (primary N) is 1. The summed E-state index contributed by atoms with van der Waals surface area (Å²) in [5.41, 5.74) is 7.24. The second-order valence-corrected chi connectivity index (χ2v) is 4.95. The Morgan fingerprint density at radius 2 is 2.00 bits per heavy atom. The van der Waals surface area contributed by atoms with Gasteiger partial charge in [-0.25, -0.2) is 4.98 Å². The van der Waals surface area contributed by atoms with Gasteiger partial charge in [0.25, 0.3) is 0 Å². The molecule has 0 aliphatic heterocycles. The van der Waals surface area contributed by atoms with Crippen molar-refractivity contribution in [1.29, 1.82) is 0 Å². The smallest absolute Gasteiger partial charge is 0.113 e. The van der Waals surface area contributed by atoms with E-state index in [-0.39, 0.29) is 5.54 Å². The maximum absolute atomic E-state index is 6.28. The van der Waals surface area contributed by atoms with Crippen LogP contribution in [0.4, 0.5) is 0 Å². The first-order valence-electron chi connectivity index (χ1n) is 5.28. The van der Waals surface area contributed by atoms with Crippen molar-refractivity contribution in [2.24, 2.45) is 5.73 Å².